The first kappa shape index (κ1) is 21.4. The van der Waals surface area contributed by atoms with E-state index in [9.17, 15) is 9.90 Å². The summed E-state index contributed by atoms with van der Waals surface area (Å²) in [5.41, 5.74) is 0. The first-order valence-corrected chi connectivity index (χ1v) is 11.0. The predicted molar refractivity (Wildman–Crippen MR) is 103 cm³/mol. The summed E-state index contributed by atoms with van der Waals surface area (Å²) in [5.74, 6) is 0.644. The fraction of sp³-hybridized carbons (Fsp3) is 0.850. The molecule has 0 amide bonds. The van der Waals surface area contributed by atoms with Gasteiger partial charge in [0.1, 0.15) is 11.5 Å². The van der Waals surface area contributed by atoms with Crippen LogP contribution in [0.15, 0.2) is 10.7 Å². The van der Waals surface area contributed by atoms with Gasteiger partial charge in [0.05, 0.1) is 0 Å². The zero-order chi connectivity index (χ0) is 17.5. The van der Waals surface area contributed by atoms with Crippen molar-refractivity contribution in [1.82, 2.24) is 0 Å². The van der Waals surface area contributed by atoms with Crippen molar-refractivity contribution in [3.05, 3.63) is 10.7 Å². The van der Waals surface area contributed by atoms with Gasteiger partial charge in [-0.05, 0) is 12.2 Å². The molecular weight excluding hydrogens is 320 g/mol. The van der Waals surface area contributed by atoms with Crippen molar-refractivity contribution in [2.24, 2.45) is 0 Å². The van der Waals surface area contributed by atoms with E-state index in [0.717, 1.165) is 12.2 Å². The summed E-state index contributed by atoms with van der Waals surface area (Å²) in [4.78, 5) is 11.7. The number of esters is 1. The van der Waals surface area contributed by atoms with Crippen molar-refractivity contribution >= 4 is 17.7 Å². The Balaban J connectivity index is 1.76. The third-order valence-electron chi connectivity index (χ3n) is 4.53. The van der Waals surface area contributed by atoms with E-state index in [1.54, 1.807) is 0 Å². The molecule has 1 aliphatic rings. The van der Waals surface area contributed by atoms with Crippen molar-refractivity contribution in [2.45, 2.75) is 96.8 Å². The van der Waals surface area contributed by atoms with Gasteiger partial charge in [0.25, 0.3) is 0 Å². The Morgan fingerprint density at radius 1 is 0.833 bits per heavy atom. The summed E-state index contributed by atoms with van der Waals surface area (Å²) in [6.45, 7) is 2.33. The van der Waals surface area contributed by atoms with Crippen LogP contribution in [0.4, 0.5) is 0 Å². The molecule has 3 nitrogen and oxygen atoms in total. The number of cyclic esters (lactones) is 1. The largest absolute Gasteiger partial charge is 0.507 e. The second-order valence-corrected chi connectivity index (χ2v) is 7.90. The molecule has 0 radical (unpaired) electrons. The number of hydrogen-bond donors (Lipinski definition) is 1. The van der Waals surface area contributed by atoms with E-state index in [0.29, 0.717) is 4.91 Å². The molecule has 0 spiro atoms. The normalized spacial score (nSPS) is 14.5. The Labute approximate surface area is 152 Å². The Hall–Kier alpha value is -0.640. The second-order valence-electron chi connectivity index (χ2n) is 6.80. The molecule has 1 heterocycles. The standard InChI is InChI=1S/C20H36O3S/c1-2-3-4-5-6-7-8-9-10-11-12-13-14-15-16-24-19-18(21)17-23-20(19)22/h21H,2-17H2,1H3. The average Bonchev–Trinajstić information content (AvgIpc) is 2.90. The fourth-order valence-electron chi connectivity index (χ4n) is 3.00. The highest BCUT2D eigenvalue weighted by molar-refractivity contribution is 8.04. The number of thioether (sulfide) groups is 1. The van der Waals surface area contributed by atoms with Crippen LogP contribution in [-0.4, -0.2) is 23.4 Å². The zero-order valence-corrected chi connectivity index (χ0v) is 16.3. The molecule has 0 aromatic carbocycles. The minimum Gasteiger partial charge on any atom is -0.507 e. The van der Waals surface area contributed by atoms with Crippen LogP contribution < -0.4 is 0 Å². The summed E-state index contributed by atoms with van der Waals surface area (Å²) < 4.78 is 4.77. The quantitative estimate of drug-likeness (QED) is 0.252. The first-order chi connectivity index (χ1) is 11.8. The molecule has 1 aliphatic heterocycles. The van der Waals surface area contributed by atoms with Crippen molar-refractivity contribution in [3.63, 3.8) is 0 Å². The SMILES string of the molecule is CCCCCCCCCCCCCCCCSC1=C(O)COC1=O. The molecular formula is C20H36O3S. The van der Waals surface area contributed by atoms with E-state index in [2.05, 4.69) is 6.92 Å². The van der Waals surface area contributed by atoms with E-state index in [1.807, 2.05) is 0 Å². The van der Waals surface area contributed by atoms with Crippen LogP contribution in [0, 0.1) is 0 Å². The van der Waals surface area contributed by atoms with Gasteiger partial charge in [-0.3, -0.25) is 0 Å². The lowest BCUT2D eigenvalue weighted by atomic mass is 10.0. The third kappa shape index (κ3) is 10.3. The Bertz CT molecular complexity index is 366. The zero-order valence-electron chi connectivity index (χ0n) is 15.5. The van der Waals surface area contributed by atoms with Gasteiger partial charge >= 0.3 is 5.97 Å². The number of aliphatic hydroxyl groups is 1. The van der Waals surface area contributed by atoms with E-state index in [-0.39, 0.29) is 18.3 Å². The highest BCUT2D eigenvalue weighted by Gasteiger charge is 2.24. The average molecular weight is 357 g/mol. The van der Waals surface area contributed by atoms with Crippen LogP contribution >= 0.6 is 11.8 Å². The maximum atomic E-state index is 11.3. The van der Waals surface area contributed by atoms with Crippen LogP contribution in [0.25, 0.3) is 0 Å². The van der Waals surface area contributed by atoms with Gasteiger partial charge in [-0.2, -0.15) is 0 Å². The van der Waals surface area contributed by atoms with E-state index in [4.69, 9.17) is 4.74 Å². The minimum atomic E-state index is -0.358. The molecule has 0 aliphatic carbocycles. The topological polar surface area (TPSA) is 46.5 Å². The highest BCUT2D eigenvalue weighted by atomic mass is 32.2. The lowest BCUT2D eigenvalue weighted by Gasteiger charge is -2.03. The van der Waals surface area contributed by atoms with Crippen molar-refractivity contribution < 1.29 is 14.6 Å². The smallest absolute Gasteiger partial charge is 0.348 e. The van der Waals surface area contributed by atoms with Gasteiger partial charge in [0, 0.05) is 0 Å². The number of carbonyl (C=O) groups excluding carboxylic acids is 1. The molecule has 24 heavy (non-hydrogen) atoms. The van der Waals surface area contributed by atoms with E-state index >= 15 is 0 Å². The van der Waals surface area contributed by atoms with Gasteiger partial charge in [-0.15, -0.1) is 11.8 Å². The number of aliphatic hydroxyl groups excluding tert-OH is 1. The number of ether oxygens (including phenoxy) is 1. The molecule has 0 atom stereocenters. The lowest BCUT2D eigenvalue weighted by molar-refractivity contribution is -0.135. The Morgan fingerprint density at radius 3 is 1.71 bits per heavy atom. The van der Waals surface area contributed by atoms with Crippen LogP contribution in [-0.2, 0) is 9.53 Å². The van der Waals surface area contributed by atoms with Gasteiger partial charge in [-0.1, -0.05) is 90.4 Å². The molecule has 140 valence electrons. The molecule has 0 aromatic rings. The monoisotopic (exact) mass is 356 g/mol. The summed E-state index contributed by atoms with van der Waals surface area (Å²) in [5, 5.41) is 9.49. The van der Waals surface area contributed by atoms with Crippen molar-refractivity contribution in [3.8, 4) is 0 Å². The van der Waals surface area contributed by atoms with Crippen LogP contribution in [0.5, 0.6) is 0 Å². The van der Waals surface area contributed by atoms with Crippen LogP contribution in [0.1, 0.15) is 96.8 Å². The maximum Gasteiger partial charge on any atom is 0.348 e. The summed E-state index contributed by atoms with van der Waals surface area (Å²) in [7, 11) is 0. The maximum absolute atomic E-state index is 11.3. The minimum absolute atomic E-state index is 0.0555. The Kier molecular flexibility index (Phi) is 13.1. The predicted octanol–water partition coefficient (Wildman–Crippen LogP) is 6.53. The number of hydrogen-bond acceptors (Lipinski definition) is 4. The fourth-order valence-corrected chi connectivity index (χ4v) is 3.95. The molecule has 0 saturated heterocycles. The molecule has 0 bridgehead atoms. The molecule has 1 rings (SSSR count). The molecule has 0 fully saturated rings. The Morgan fingerprint density at radius 2 is 1.29 bits per heavy atom. The molecule has 0 saturated carbocycles. The molecule has 4 heteroatoms. The van der Waals surface area contributed by atoms with E-state index < -0.39 is 0 Å². The molecule has 1 N–H and O–H groups in total. The second kappa shape index (κ2) is 14.7. The van der Waals surface area contributed by atoms with Crippen molar-refractivity contribution in [1.29, 1.82) is 0 Å². The van der Waals surface area contributed by atoms with Gasteiger partial charge < -0.3 is 9.84 Å². The van der Waals surface area contributed by atoms with Gasteiger partial charge in [0.2, 0.25) is 0 Å². The molecule has 0 unspecified atom stereocenters. The van der Waals surface area contributed by atoms with Crippen LogP contribution in [0.3, 0.4) is 0 Å². The van der Waals surface area contributed by atoms with Crippen molar-refractivity contribution in [2.75, 3.05) is 12.4 Å². The summed E-state index contributed by atoms with van der Waals surface area (Å²) >= 11 is 1.44. The molecule has 0 aromatic heterocycles. The number of rotatable bonds is 16. The lowest BCUT2D eigenvalue weighted by Crippen LogP contribution is -1.97. The van der Waals surface area contributed by atoms with Gasteiger partial charge in [0.15, 0.2) is 5.76 Å². The third-order valence-corrected chi connectivity index (χ3v) is 5.72. The van der Waals surface area contributed by atoms with Crippen LogP contribution in [0.2, 0.25) is 0 Å². The highest BCUT2D eigenvalue weighted by Crippen LogP contribution is 2.26. The van der Waals surface area contributed by atoms with Gasteiger partial charge in [-0.25, -0.2) is 4.79 Å². The first-order valence-electron chi connectivity index (χ1n) is 9.97. The summed E-state index contributed by atoms with van der Waals surface area (Å²) in [6, 6.07) is 0. The summed E-state index contributed by atoms with van der Waals surface area (Å²) in [6.07, 6.45) is 18.9. The number of carbonyl (C=O) groups is 1. The number of unbranched alkanes of at least 4 members (excludes halogenated alkanes) is 13. The van der Waals surface area contributed by atoms with E-state index in [1.165, 1.54) is 95.2 Å².